The van der Waals surface area contributed by atoms with Gasteiger partial charge in [0.15, 0.2) is 0 Å². The van der Waals surface area contributed by atoms with Crippen molar-refractivity contribution in [3.05, 3.63) is 23.8 Å². The van der Waals surface area contributed by atoms with Gasteiger partial charge in [0, 0.05) is 32.7 Å². The first-order chi connectivity index (χ1) is 14.8. The second-order valence-electron chi connectivity index (χ2n) is 8.99. The largest absolute Gasteiger partial charge is 0.490 e. The van der Waals surface area contributed by atoms with E-state index in [9.17, 15) is 14.4 Å². The molecule has 2 fully saturated rings. The first kappa shape index (κ1) is 21.6. The van der Waals surface area contributed by atoms with Gasteiger partial charge < -0.3 is 24.6 Å². The maximum Gasteiger partial charge on any atom is 0.257 e. The zero-order valence-corrected chi connectivity index (χ0v) is 18.4. The molecule has 1 aliphatic carbocycles. The molecule has 0 radical (unpaired) electrons. The summed E-state index contributed by atoms with van der Waals surface area (Å²) in [7, 11) is 5.25. The van der Waals surface area contributed by atoms with Gasteiger partial charge in [-0.05, 0) is 43.9 Å². The van der Waals surface area contributed by atoms with E-state index in [-0.39, 0.29) is 41.9 Å². The number of carbonyl (C=O) groups excluding carboxylic acids is 3. The molecule has 1 N–H and O–H groups in total. The first-order valence-corrected chi connectivity index (χ1v) is 11.0. The molecular weight excluding hydrogens is 398 g/mol. The summed E-state index contributed by atoms with van der Waals surface area (Å²) in [5, 5.41) is 2.93. The van der Waals surface area contributed by atoms with Crippen LogP contribution < -0.4 is 10.1 Å². The van der Waals surface area contributed by atoms with Crippen molar-refractivity contribution in [3.8, 4) is 5.75 Å². The molecular formula is C23H31N3O5. The second-order valence-corrected chi connectivity index (χ2v) is 8.99. The molecule has 1 aromatic rings. The molecule has 3 amide bonds. The van der Waals surface area contributed by atoms with Crippen LogP contribution in [-0.4, -0.2) is 73.5 Å². The fourth-order valence-electron chi connectivity index (χ4n) is 4.40. The number of likely N-dealkylation sites (N-methyl/N-ethyl adjacent to an activating group) is 1. The van der Waals surface area contributed by atoms with Crippen molar-refractivity contribution in [2.45, 2.75) is 56.8 Å². The predicted molar refractivity (Wildman–Crippen MR) is 115 cm³/mol. The maximum absolute atomic E-state index is 13.2. The highest BCUT2D eigenvalue weighted by atomic mass is 16.5. The number of benzene rings is 1. The molecule has 8 nitrogen and oxygen atoms in total. The van der Waals surface area contributed by atoms with Crippen molar-refractivity contribution in [3.63, 3.8) is 0 Å². The molecule has 0 unspecified atom stereocenters. The number of fused-ring (bicyclic) bond motifs is 2. The Bertz CT molecular complexity index is 867. The minimum atomic E-state index is -0.297. The molecule has 0 spiro atoms. The van der Waals surface area contributed by atoms with Gasteiger partial charge in [-0.3, -0.25) is 14.4 Å². The standard InChI is InChI=1S/C23H31N3O5/c1-25(2)21(27)12-16-8-9-18-20(31-16)13-30-19-10-7-15(11-17(19)23(29)26(18)3)24-22(28)14-5-4-6-14/h7,10-11,14,16,18,20H,4-6,8-9,12-13H2,1-3H3,(H,24,28)/t16-,18+,20-/m1/s1. The van der Waals surface area contributed by atoms with E-state index >= 15 is 0 Å². The highest BCUT2D eigenvalue weighted by Crippen LogP contribution is 2.33. The average Bonchev–Trinajstić information content (AvgIpc) is 2.69. The molecule has 0 bridgehead atoms. The molecule has 2 heterocycles. The summed E-state index contributed by atoms with van der Waals surface area (Å²) in [6.07, 6.45) is 4.25. The quantitative estimate of drug-likeness (QED) is 0.793. The summed E-state index contributed by atoms with van der Waals surface area (Å²) in [5.41, 5.74) is 1.05. The Hall–Kier alpha value is -2.61. The third-order valence-corrected chi connectivity index (χ3v) is 6.66. The highest BCUT2D eigenvalue weighted by Gasteiger charge is 2.39. The zero-order chi connectivity index (χ0) is 22.1. The van der Waals surface area contributed by atoms with Gasteiger partial charge in [-0.15, -0.1) is 0 Å². The normalized spacial score (nSPS) is 25.8. The summed E-state index contributed by atoms with van der Waals surface area (Å²) < 4.78 is 12.2. The highest BCUT2D eigenvalue weighted by molar-refractivity contribution is 6.00. The number of nitrogens with one attached hydrogen (secondary N) is 1. The maximum atomic E-state index is 13.2. The number of nitrogens with zero attached hydrogens (tertiary/aromatic N) is 2. The fourth-order valence-corrected chi connectivity index (χ4v) is 4.40. The van der Waals surface area contributed by atoms with Gasteiger partial charge in [0.2, 0.25) is 11.8 Å². The van der Waals surface area contributed by atoms with Crippen molar-refractivity contribution < 1.29 is 23.9 Å². The van der Waals surface area contributed by atoms with Crippen LogP contribution in [0.15, 0.2) is 18.2 Å². The molecule has 2 aliphatic heterocycles. The number of hydrogen-bond acceptors (Lipinski definition) is 5. The van der Waals surface area contributed by atoms with Crippen molar-refractivity contribution in [2.24, 2.45) is 5.92 Å². The number of ether oxygens (including phenoxy) is 2. The summed E-state index contributed by atoms with van der Waals surface area (Å²) in [5.74, 6) is 0.436. The monoisotopic (exact) mass is 429 g/mol. The van der Waals surface area contributed by atoms with Gasteiger partial charge in [-0.25, -0.2) is 0 Å². The SMILES string of the molecule is CN(C)C(=O)C[C@H]1CC[C@H]2[C@@H](COc3ccc(NC(=O)C4CCC4)cc3C(=O)N2C)O1. The lowest BCUT2D eigenvalue weighted by molar-refractivity contribution is -0.140. The van der Waals surface area contributed by atoms with E-state index < -0.39 is 0 Å². The van der Waals surface area contributed by atoms with Crippen molar-refractivity contribution in [1.29, 1.82) is 0 Å². The Labute approximate surface area is 182 Å². The Morgan fingerprint density at radius 1 is 1.19 bits per heavy atom. The molecule has 1 saturated carbocycles. The molecule has 31 heavy (non-hydrogen) atoms. The molecule has 3 aliphatic rings. The smallest absolute Gasteiger partial charge is 0.257 e. The molecule has 0 aromatic heterocycles. The Morgan fingerprint density at radius 3 is 2.65 bits per heavy atom. The van der Waals surface area contributed by atoms with Crippen LogP contribution in [0.25, 0.3) is 0 Å². The molecule has 4 rings (SSSR count). The minimum absolute atomic E-state index is 0.0119. The average molecular weight is 430 g/mol. The van der Waals surface area contributed by atoms with E-state index in [1.807, 2.05) is 0 Å². The molecule has 8 heteroatoms. The van der Waals surface area contributed by atoms with Gasteiger partial charge in [-0.1, -0.05) is 6.42 Å². The lowest BCUT2D eigenvalue weighted by Crippen LogP contribution is -2.53. The van der Waals surface area contributed by atoms with E-state index in [1.54, 1.807) is 49.1 Å². The number of anilines is 1. The lowest BCUT2D eigenvalue weighted by atomic mass is 9.85. The van der Waals surface area contributed by atoms with Crippen LogP contribution in [-0.2, 0) is 14.3 Å². The summed E-state index contributed by atoms with van der Waals surface area (Å²) in [6, 6.07) is 5.07. The van der Waals surface area contributed by atoms with E-state index in [0.717, 1.165) is 25.7 Å². The Balaban J connectivity index is 1.48. The van der Waals surface area contributed by atoms with Crippen LogP contribution in [0.5, 0.6) is 5.75 Å². The Kier molecular flexibility index (Phi) is 6.18. The van der Waals surface area contributed by atoms with Gasteiger partial charge in [-0.2, -0.15) is 0 Å². The summed E-state index contributed by atoms with van der Waals surface area (Å²) >= 11 is 0. The van der Waals surface area contributed by atoms with Crippen LogP contribution >= 0.6 is 0 Å². The van der Waals surface area contributed by atoms with Crippen LogP contribution in [0.2, 0.25) is 0 Å². The molecule has 168 valence electrons. The van der Waals surface area contributed by atoms with Gasteiger partial charge in [0.25, 0.3) is 5.91 Å². The van der Waals surface area contributed by atoms with E-state index in [4.69, 9.17) is 9.47 Å². The fraction of sp³-hybridized carbons (Fsp3) is 0.609. The second kappa shape index (κ2) is 8.86. The number of amides is 3. The number of carbonyl (C=O) groups is 3. The third kappa shape index (κ3) is 4.54. The van der Waals surface area contributed by atoms with Gasteiger partial charge in [0.1, 0.15) is 18.5 Å². The van der Waals surface area contributed by atoms with Crippen LogP contribution in [0.1, 0.15) is 48.9 Å². The molecule has 3 atom stereocenters. The van der Waals surface area contributed by atoms with Crippen LogP contribution in [0.4, 0.5) is 5.69 Å². The van der Waals surface area contributed by atoms with Gasteiger partial charge >= 0.3 is 0 Å². The van der Waals surface area contributed by atoms with Crippen molar-refractivity contribution in [2.75, 3.05) is 33.1 Å². The van der Waals surface area contributed by atoms with E-state index in [1.165, 1.54) is 0 Å². The van der Waals surface area contributed by atoms with E-state index in [0.29, 0.717) is 36.4 Å². The van der Waals surface area contributed by atoms with Crippen molar-refractivity contribution >= 4 is 23.4 Å². The predicted octanol–water partition coefficient (Wildman–Crippen LogP) is 2.28. The molecule has 1 aromatic carbocycles. The number of hydrogen-bond donors (Lipinski definition) is 1. The van der Waals surface area contributed by atoms with Crippen LogP contribution in [0, 0.1) is 5.92 Å². The lowest BCUT2D eigenvalue weighted by Gasteiger charge is -2.42. The minimum Gasteiger partial charge on any atom is -0.490 e. The third-order valence-electron chi connectivity index (χ3n) is 6.66. The van der Waals surface area contributed by atoms with Crippen LogP contribution in [0.3, 0.4) is 0 Å². The van der Waals surface area contributed by atoms with Crippen molar-refractivity contribution in [1.82, 2.24) is 9.80 Å². The summed E-state index contributed by atoms with van der Waals surface area (Å²) in [4.78, 5) is 40.9. The molecule has 1 saturated heterocycles. The zero-order valence-electron chi connectivity index (χ0n) is 18.4. The Morgan fingerprint density at radius 2 is 1.97 bits per heavy atom. The van der Waals surface area contributed by atoms with E-state index in [2.05, 4.69) is 5.32 Å². The number of rotatable bonds is 4. The topological polar surface area (TPSA) is 88.2 Å². The summed E-state index contributed by atoms with van der Waals surface area (Å²) in [6.45, 7) is 0.301. The van der Waals surface area contributed by atoms with Gasteiger partial charge in [0.05, 0.1) is 24.1 Å². The first-order valence-electron chi connectivity index (χ1n) is 11.0.